The van der Waals surface area contributed by atoms with E-state index in [0.717, 1.165) is 12.8 Å². The highest BCUT2D eigenvalue weighted by Gasteiger charge is 2.01. The van der Waals surface area contributed by atoms with Crippen LogP contribution in [0.15, 0.2) is 24.3 Å². The zero-order valence-electron chi connectivity index (χ0n) is 10.7. The standard InChI is InChI=1S/C13H21NO2S/c1-11(2)13-8-6-12(7-9-13)5-4-10-14-17(3,15)16/h6-9,11,14H,4-5,10H2,1-3H3. The van der Waals surface area contributed by atoms with Crippen molar-refractivity contribution in [2.75, 3.05) is 12.8 Å². The molecule has 0 saturated carbocycles. The Hall–Kier alpha value is -0.870. The van der Waals surface area contributed by atoms with Gasteiger partial charge in [0.25, 0.3) is 0 Å². The number of nitrogens with one attached hydrogen (secondary N) is 1. The summed E-state index contributed by atoms with van der Waals surface area (Å²) in [5, 5.41) is 0. The SMILES string of the molecule is CC(C)c1ccc(CCCNS(C)(=O)=O)cc1. The van der Waals surface area contributed by atoms with E-state index in [1.807, 2.05) is 0 Å². The van der Waals surface area contributed by atoms with E-state index in [4.69, 9.17) is 0 Å². The normalized spacial score (nSPS) is 12.0. The zero-order chi connectivity index (χ0) is 12.9. The molecule has 0 bridgehead atoms. The summed E-state index contributed by atoms with van der Waals surface area (Å²) in [5.74, 6) is 0.552. The summed E-state index contributed by atoms with van der Waals surface area (Å²) >= 11 is 0. The van der Waals surface area contributed by atoms with Crippen LogP contribution in [-0.2, 0) is 16.4 Å². The topological polar surface area (TPSA) is 46.2 Å². The quantitative estimate of drug-likeness (QED) is 0.793. The highest BCUT2D eigenvalue weighted by molar-refractivity contribution is 7.88. The van der Waals surface area contributed by atoms with Gasteiger partial charge >= 0.3 is 0 Å². The van der Waals surface area contributed by atoms with Gasteiger partial charge in [-0.15, -0.1) is 0 Å². The van der Waals surface area contributed by atoms with E-state index < -0.39 is 10.0 Å². The third kappa shape index (κ3) is 5.84. The molecule has 96 valence electrons. The molecule has 4 heteroatoms. The molecule has 1 aromatic carbocycles. The number of sulfonamides is 1. The Bertz CT molecular complexity index is 435. The maximum atomic E-state index is 10.9. The van der Waals surface area contributed by atoms with Crippen LogP contribution in [0, 0.1) is 0 Å². The second-order valence-corrected chi connectivity index (χ2v) is 6.50. The first-order valence-corrected chi connectivity index (χ1v) is 7.81. The van der Waals surface area contributed by atoms with Crippen molar-refractivity contribution in [2.45, 2.75) is 32.6 Å². The molecule has 0 spiro atoms. The molecule has 0 amide bonds. The van der Waals surface area contributed by atoms with Crippen LogP contribution in [0.25, 0.3) is 0 Å². The van der Waals surface area contributed by atoms with E-state index >= 15 is 0 Å². The van der Waals surface area contributed by atoms with Crippen LogP contribution in [0.2, 0.25) is 0 Å². The molecule has 1 rings (SSSR count). The van der Waals surface area contributed by atoms with Crippen molar-refractivity contribution < 1.29 is 8.42 Å². The Balaban J connectivity index is 2.37. The number of rotatable bonds is 6. The minimum atomic E-state index is -3.05. The predicted octanol–water partition coefficient (Wildman–Crippen LogP) is 2.29. The van der Waals surface area contributed by atoms with Gasteiger partial charge in [-0.25, -0.2) is 13.1 Å². The zero-order valence-corrected chi connectivity index (χ0v) is 11.5. The number of aryl methyl sites for hydroxylation is 1. The van der Waals surface area contributed by atoms with Crippen LogP contribution in [0.3, 0.4) is 0 Å². The van der Waals surface area contributed by atoms with Gasteiger partial charge < -0.3 is 0 Å². The molecule has 0 aromatic heterocycles. The third-order valence-corrected chi connectivity index (χ3v) is 3.38. The van der Waals surface area contributed by atoms with Gasteiger partial charge in [0, 0.05) is 6.54 Å². The lowest BCUT2D eigenvalue weighted by atomic mass is 10.0. The van der Waals surface area contributed by atoms with Crippen molar-refractivity contribution in [3.8, 4) is 0 Å². The molecule has 1 N–H and O–H groups in total. The molecule has 1 aromatic rings. The van der Waals surface area contributed by atoms with Gasteiger partial charge in [-0.05, 0) is 29.9 Å². The molecule has 0 aliphatic heterocycles. The Labute approximate surface area is 104 Å². The highest BCUT2D eigenvalue weighted by Crippen LogP contribution is 2.15. The second-order valence-electron chi connectivity index (χ2n) is 4.67. The van der Waals surface area contributed by atoms with Crippen LogP contribution in [0.4, 0.5) is 0 Å². The lowest BCUT2D eigenvalue weighted by Crippen LogP contribution is -2.23. The summed E-state index contributed by atoms with van der Waals surface area (Å²) < 4.78 is 24.2. The van der Waals surface area contributed by atoms with Gasteiger partial charge in [-0.3, -0.25) is 0 Å². The van der Waals surface area contributed by atoms with Crippen LogP contribution < -0.4 is 4.72 Å². The fraction of sp³-hybridized carbons (Fsp3) is 0.538. The van der Waals surface area contributed by atoms with E-state index in [-0.39, 0.29) is 0 Å². The van der Waals surface area contributed by atoms with Gasteiger partial charge in [-0.2, -0.15) is 0 Å². The van der Waals surface area contributed by atoms with Crippen molar-refractivity contribution in [1.29, 1.82) is 0 Å². The number of benzene rings is 1. The van der Waals surface area contributed by atoms with Crippen molar-refractivity contribution >= 4 is 10.0 Å². The van der Waals surface area contributed by atoms with Gasteiger partial charge in [0.1, 0.15) is 0 Å². The summed E-state index contributed by atoms with van der Waals surface area (Å²) in [6.45, 7) is 4.85. The summed E-state index contributed by atoms with van der Waals surface area (Å²) in [7, 11) is -3.05. The summed E-state index contributed by atoms with van der Waals surface area (Å²) in [6, 6.07) is 8.53. The maximum Gasteiger partial charge on any atom is 0.208 e. The molecule has 0 radical (unpaired) electrons. The van der Waals surface area contributed by atoms with Gasteiger partial charge in [-0.1, -0.05) is 38.1 Å². The summed E-state index contributed by atoms with van der Waals surface area (Å²) in [5.41, 5.74) is 2.59. The average molecular weight is 255 g/mol. The molecule has 0 aliphatic rings. The summed E-state index contributed by atoms with van der Waals surface area (Å²) in [6.07, 6.45) is 2.92. The molecule has 17 heavy (non-hydrogen) atoms. The second kappa shape index (κ2) is 6.17. The fourth-order valence-electron chi connectivity index (χ4n) is 1.62. The Kier molecular flexibility index (Phi) is 5.15. The van der Waals surface area contributed by atoms with Crippen LogP contribution in [-0.4, -0.2) is 21.2 Å². The molecular formula is C13H21NO2S. The van der Waals surface area contributed by atoms with Crippen molar-refractivity contribution in [3.63, 3.8) is 0 Å². The Morgan fingerprint density at radius 1 is 1.18 bits per heavy atom. The molecule has 0 heterocycles. The molecule has 0 fully saturated rings. The van der Waals surface area contributed by atoms with Crippen LogP contribution >= 0.6 is 0 Å². The molecular weight excluding hydrogens is 234 g/mol. The van der Waals surface area contributed by atoms with E-state index in [1.165, 1.54) is 17.4 Å². The average Bonchev–Trinajstić information content (AvgIpc) is 2.24. The summed E-state index contributed by atoms with van der Waals surface area (Å²) in [4.78, 5) is 0. The van der Waals surface area contributed by atoms with E-state index in [9.17, 15) is 8.42 Å². The first-order valence-electron chi connectivity index (χ1n) is 5.92. The maximum absolute atomic E-state index is 10.9. The Morgan fingerprint density at radius 3 is 2.24 bits per heavy atom. The highest BCUT2D eigenvalue weighted by atomic mass is 32.2. The largest absolute Gasteiger partial charge is 0.215 e. The van der Waals surface area contributed by atoms with Crippen LogP contribution in [0.5, 0.6) is 0 Å². The monoisotopic (exact) mass is 255 g/mol. The molecule has 0 unspecified atom stereocenters. The molecule has 0 atom stereocenters. The van der Waals surface area contributed by atoms with Crippen molar-refractivity contribution in [3.05, 3.63) is 35.4 Å². The van der Waals surface area contributed by atoms with E-state index in [0.29, 0.717) is 12.5 Å². The molecule has 0 saturated heterocycles. The number of hydrogen-bond acceptors (Lipinski definition) is 2. The van der Waals surface area contributed by atoms with Crippen molar-refractivity contribution in [2.24, 2.45) is 0 Å². The molecule has 3 nitrogen and oxygen atoms in total. The minimum absolute atomic E-state index is 0.505. The minimum Gasteiger partial charge on any atom is -0.215 e. The first-order chi connectivity index (χ1) is 7.88. The number of hydrogen-bond donors (Lipinski definition) is 1. The molecule has 0 aliphatic carbocycles. The lowest BCUT2D eigenvalue weighted by molar-refractivity contribution is 0.585. The van der Waals surface area contributed by atoms with Gasteiger partial charge in [0.15, 0.2) is 0 Å². The van der Waals surface area contributed by atoms with Crippen molar-refractivity contribution in [1.82, 2.24) is 4.72 Å². The van der Waals surface area contributed by atoms with Gasteiger partial charge in [0.2, 0.25) is 10.0 Å². The van der Waals surface area contributed by atoms with E-state index in [1.54, 1.807) is 0 Å². The Morgan fingerprint density at radius 2 is 1.76 bits per heavy atom. The fourth-order valence-corrected chi connectivity index (χ4v) is 2.13. The smallest absolute Gasteiger partial charge is 0.208 e. The lowest BCUT2D eigenvalue weighted by Gasteiger charge is -2.07. The first kappa shape index (κ1) is 14.2. The van der Waals surface area contributed by atoms with Gasteiger partial charge in [0.05, 0.1) is 6.26 Å². The van der Waals surface area contributed by atoms with Crippen LogP contribution in [0.1, 0.15) is 37.3 Å². The predicted molar refractivity (Wildman–Crippen MR) is 71.7 cm³/mol. The third-order valence-electron chi connectivity index (χ3n) is 2.65. The van der Waals surface area contributed by atoms with E-state index in [2.05, 4.69) is 42.8 Å².